The second kappa shape index (κ2) is 6.33. The van der Waals surface area contributed by atoms with E-state index in [-0.39, 0.29) is 0 Å². The molecule has 0 aliphatic rings. The Balaban J connectivity index is 2.00. The molecular formula is C19H16F2N4O. The van der Waals surface area contributed by atoms with Crippen LogP contribution in [0.2, 0.25) is 0 Å². The van der Waals surface area contributed by atoms with Crippen molar-refractivity contribution in [2.24, 2.45) is 0 Å². The lowest BCUT2D eigenvalue weighted by Crippen LogP contribution is -2.00. The molecule has 26 heavy (non-hydrogen) atoms. The van der Waals surface area contributed by atoms with Crippen molar-refractivity contribution in [3.8, 4) is 17.1 Å². The number of benzene rings is 2. The molecule has 2 aromatic carbocycles. The summed E-state index contributed by atoms with van der Waals surface area (Å²) < 4.78 is 35.4. The first-order valence-electron chi connectivity index (χ1n) is 8.32. The van der Waals surface area contributed by atoms with Gasteiger partial charge in [0.15, 0.2) is 5.65 Å². The Morgan fingerprint density at radius 3 is 2.73 bits per heavy atom. The highest BCUT2D eigenvalue weighted by atomic mass is 19.1. The molecule has 5 nitrogen and oxygen atoms in total. The molecule has 0 spiro atoms. The van der Waals surface area contributed by atoms with Crippen LogP contribution in [0, 0.1) is 18.6 Å². The van der Waals surface area contributed by atoms with Gasteiger partial charge in [-0.25, -0.2) is 13.8 Å². The number of halogens is 2. The minimum absolute atomic E-state index is 0.292. The van der Waals surface area contributed by atoms with Crippen LogP contribution in [0.25, 0.3) is 28.1 Å². The minimum Gasteiger partial charge on any atom is -0.494 e. The third kappa shape index (κ3) is 2.65. The monoisotopic (exact) mass is 354 g/mol. The zero-order valence-electron chi connectivity index (χ0n) is 14.3. The molecule has 2 aromatic heterocycles. The molecule has 0 saturated heterocycles. The normalized spacial score (nSPS) is 11.4. The van der Waals surface area contributed by atoms with Crippen molar-refractivity contribution in [1.82, 2.24) is 19.6 Å². The summed E-state index contributed by atoms with van der Waals surface area (Å²) in [5, 5.41) is 8.18. The van der Waals surface area contributed by atoms with E-state index < -0.39 is 11.6 Å². The average molecular weight is 354 g/mol. The molecule has 2 heterocycles. The van der Waals surface area contributed by atoms with Gasteiger partial charge >= 0.3 is 0 Å². The van der Waals surface area contributed by atoms with Crippen LogP contribution in [0.5, 0.6) is 5.75 Å². The first kappa shape index (κ1) is 16.4. The Hall–Kier alpha value is -3.09. The maximum Gasteiger partial charge on any atom is 0.183 e. The number of aryl methyl sites for hydroxylation is 1. The summed E-state index contributed by atoms with van der Waals surface area (Å²) in [7, 11) is 0. The van der Waals surface area contributed by atoms with Crippen LogP contribution in [-0.4, -0.2) is 26.2 Å². The largest absolute Gasteiger partial charge is 0.494 e. The number of fused-ring (bicyclic) bond motifs is 3. The van der Waals surface area contributed by atoms with Gasteiger partial charge in [0.25, 0.3) is 0 Å². The fourth-order valence-corrected chi connectivity index (χ4v) is 2.90. The van der Waals surface area contributed by atoms with Gasteiger partial charge in [0, 0.05) is 6.07 Å². The molecule has 0 unspecified atom stereocenters. The average Bonchev–Trinajstić information content (AvgIpc) is 2.97. The van der Waals surface area contributed by atoms with E-state index >= 15 is 0 Å². The number of hydrogen-bond acceptors (Lipinski definition) is 4. The van der Waals surface area contributed by atoms with E-state index in [0.29, 0.717) is 46.1 Å². The molecule has 0 N–H and O–H groups in total. The summed E-state index contributed by atoms with van der Waals surface area (Å²) >= 11 is 0. The van der Waals surface area contributed by atoms with E-state index in [0.717, 1.165) is 6.42 Å². The van der Waals surface area contributed by atoms with Gasteiger partial charge in [-0.2, -0.15) is 0 Å². The lowest BCUT2D eigenvalue weighted by molar-refractivity contribution is 0.317. The minimum atomic E-state index is -0.423. The molecule has 0 atom stereocenters. The Labute approximate surface area is 148 Å². The maximum atomic E-state index is 14.6. The SMILES string of the molecule is CCCOc1ccc(F)c(-c2nc(C)c3nnc4cc(F)ccc4n23)c1. The first-order valence-corrected chi connectivity index (χ1v) is 8.32. The first-order chi connectivity index (χ1) is 12.6. The van der Waals surface area contributed by atoms with Gasteiger partial charge in [-0.15, -0.1) is 10.2 Å². The number of aromatic nitrogens is 4. The smallest absolute Gasteiger partial charge is 0.183 e. The number of hydrogen-bond donors (Lipinski definition) is 0. The molecular weight excluding hydrogens is 338 g/mol. The van der Waals surface area contributed by atoms with Crippen LogP contribution in [0.15, 0.2) is 36.4 Å². The third-order valence-corrected chi connectivity index (χ3v) is 4.10. The third-order valence-electron chi connectivity index (χ3n) is 4.10. The van der Waals surface area contributed by atoms with Crippen molar-refractivity contribution in [3.05, 3.63) is 53.7 Å². The van der Waals surface area contributed by atoms with Crippen molar-refractivity contribution in [1.29, 1.82) is 0 Å². The lowest BCUT2D eigenvalue weighted by Gasteiger charge is -2.09. The predicted molar refractivity (Wildman–Crippen MR) is 94.2 cm³/mol. The fourth-order valence-electron chi connectivity index (χ4n) is 2.90. The zero-order valence-corrected chi connectivity index (χ0v) is 14.3. The lowest BCUT2D eigenvalue weighted by atomic mass is 10.2. The van der Waals surface area contributed by atoms with Crippen LogP contribution >= 0.6 is 0 Å². The van der Waals surface area contributed by atoms with Crippen LogP contribution in [-0.2, 0) is 0 Å². The fraction of sp³-hybridized carbons (Fsp3) is 0.211. The molecule has 4 aromatic rings. The van der Waals surface area contributed by atoms with Gasteiger partial charge in [0.2, 0.25) is 0 Å². The van der Waals surface area contributed by atoms with Gasteiger partial charge in [0.05, 0.1) is 23.4 Å². The molecule has 0 aliphatic carbocycles. The summed E-state index contributed by atoms with van der Waals surface area (Å²) in [4.78, 5) is 4.49. The standard InChI is InChI=1S/C19H16F2N4O/c1-3-8-26-13-5-6-15(21)14(10-13)19-22-11(2)18-24-23-16-9-12(20)4-7-17(16)25(18)19/h4-7,9-10H,3,8H2,1-2H3. The number of nitrogens with zero attached hydrogens (tertiary/aromatic N) is 4. The van der Waals surface area contributed by atoms with Crippen molar-refractivity contribution in [3.63, 3.8) is 0 Å². The highest BCUT2D eigenvalue weighted by Gasteiger charge is 2.18. The van der Waals surface area contributed by atoms with Crippen molar-refractivity contribution in [2.45, 2.75) is 20.3 Å². The molecule has 4 rings (SSSR count). The van der Waals surface area contributed by atoms with E-state index in [9.17, 15) is 8.78 Å². The van der Waals surface area contributed by atoms with Crippen molar-refractivity contribution in [2.75, 3.05) is 6.61 Å². The summed E-state index contributed by atoms with van der Waals surface area (Å²) in [6.45, 7) is 4.32. The quantitative estimate of drug-likeness (QED) is 0.548. The Kier molecular flexibility index (Phi) is 3.99. The van der Waals surface area contributed by atoms with E-state index in [1.165, 1.54) is 18.2 Å². The molecule has 0 saturated carbocycles. The molecule has 0 amide bonds. The second-order valence-electron chi connectivity index (χ2n) is 6.00. The Morgan fingerprint density at radius 1 is 1.08 bits per heavy atom. The summed E-state index contributed by atoms with van der Waals surface area (Å²) in [6.07, 6.45) is 0.851. The van der Waals surface area contributed by atoms with E-state index in [4.69, 9.17) is 4.74 Å². The number of ether oxygens (including phenoxy) is 1. The topological polar surface area (TPSA) is 52.3 Å². The van der Waals surface area contributed by atoms with E-state index in [1.54, 1.807) is 29.5 Å². The Bertz CT molecular complexity index is 1120. The predicted octanol–water partition coefficient (Wildman–Crippen LogP) is 4.32. The van der Waals surface area contributed by atoms with Crippen molar-refractivity contribution >= 4 is 16.7 Å². The van der Waals surface area contributed by atoms with Crippen LogP contribution < -0.4 is 4.74 Å². The summed E-state index contributed by atoms with van der Waals surface area (Å²) in [6, 6.07) is 8.77. The van der Waals surface area contributed by atoms with Gasteiger partial charge in [-0.3, -0.25) is 4.40 Å². The van der Waals surface area contributed by atoms with Crippen LogP contribution in [0.1, 0.15) is 19.0 Å². The maximum absolute atomic E-state index is 14.6. The zero-order chi connectivity index (χ0) is 18.3. The molecule has 0 bridgehead atoms. The van der Waals surface area contributed by atoms with Gasteiger partial charge in [-0.05, 0) is 43.7 Å². The molecule has 0 aliphatic heterocycles. The molecule has 132 valence electrons. The molecule has 7 heteroatoms. The summed E-state index contributed by atoms with van der Waals surface area (Å²) in [5.41, 5.74) is 2.37. The second-order valence-corrected chi connectivity index (χ2v) is 6.00. The van der Waals surface area contributed by atoms with Crippen molar-refractivity contribution < 1.29 is 13.5 Å². The summed E-state index contributed by atoms with van der Waals surface area (Å²) in [5.74, 6) is 0.108. The molecule has 0 fully saturated rings. The Morgan fingerprint density at radius 2 is 1.92 bits per heavy atom. The highest BCUT2D eigenvalue weighted by Crippen LogP contribution is 2.30. The van der Waals surface area contributed by atoms with Crippen LogP contribution in [0.4, 0.5) is 8.78 Å². The van der Waals surface area contributed by atoms with E-state index in [2.05, 4.69) is 15.2 Å². The number of rotatable bonds is 4. The van der Waals surface area contributed by atoms with E-state index in [1.807, 2.05) is 6.92 Å². The van der Waals surface area contributed by atoms with Gasteiger partial charge in [-0.1, -0.05) is 6.92 Å². The number of imidazole rings is 1. The molecule has 0 radical (unpaired) electrons. The van der Waals surface area contributed by atoms with Gasteiger partial charge < -0.3 is 4.74 Å². The highest BCUT2D eigenvalue weighted by molar-refractivity contribution is 5.80. The van der Waals surface area contributed by atoms with Gasteiger partial charge in [0.1, 0.15) is 28.7 Å². The van der Waals surface area contributed by atoms with Crippen LogP contribution in [0.3, 0.4) is 0 Å².